The molecule has 1 atom stereocenters. The first-order chi connectivity index (χ1) is 13.2. The average molecular weight is 354 g/mol. The maximum atomic E-state index is 4.64. The molecule has 5 rings (SSSR count). The van der Waals surface area contributed by atoms with E-state index >= 15 is 0 Å². The van der Waals surface area contributed by atoms with Gasteiger partial charge in [0.15, 0.2) is 0 Å². The number of aromatic nitrogens is 3. The summed E-state index contributed by atoms with van der Waals surface area (Å²) < 4.78 is 0. The molecule has 2 aromatic heterocycles. The number of hydrogen-bond acceptors (Lipinski definition) is 3. The monoisotopic (exact) mass is 354 g/mol. The fourth-order valence-corrected chi connectivity index (χ4v) is 4.16. The van der Waals surface area contributed by atoms with E-state index in [1.807, 2.05) is 13.1 Å². The quantitative estimate of drug-likeness (QED) is 0.576. The molecule has 0 fully saturated rings. The predicted octanol–water partition coefficient (Wildman–Crippen LogP) is 4.51. The predicted molar refractivity (Wildman–Crippen MR) is 109 cm³/mol. The Morgan fingerprint density at radius 3 is 2.81 bits per heavy atom. The second kappa shape index (κ2) is 6.32. The third-order valence-corrected chi connectivity index (χ3v) is 5.43. The Labute approximate surface area is 158 Å². The van der Waals surface area contributed by atoms with Gasteiger partial charge in [0, 0.05) is 42.0 Å². The van der Waals surface area contributed by atoms with Crippen LogP contribution < -0.4 is 0 Å². The molecule has 1 N–H and O–H groups in total. The van der Waals surface area contributed by atoms with Gasteiger partial charge in [0.2, 0.25) is 0 Å². The molecule has 4 heteroatoms. The van der Waals surface area contributed by atoms with Crippen molar-refractivity contribution in [3.8, 4) is 11.3 Å². The van der Waals surface area contributed by atoms with E-state index in [0.717, 1.165) is 30.0 Å². The molecule has 4 aromatic rings. The first-order valence-electron chi connectivity index (χ1n) is 9.35. The highest BCUT2D eigenvalue weighted by Crippen LogP contribution is 2.35. The maximum absolute atomic E-state index is 4.64. The van der Waals surface area contributed by atoms with Gasteiger partial charge in [0.25, 0.3) is 0 Å². The van der Waals surface area contributed by atoms with Crippen molar-refractivity contribution in [2.24, 2.45) is 0 Å². The van der Waals surface area contributed by atoms with Crippen LogP contribution in [-0.4, -0.2) is 33.4 Å². The van der Waals surface area contributed by atoms with E-state index in [4.69, 9.17) is 0 Å². The minimum absolute atomic E-state index is 0.351. The van der Waals surface area contributed by atoms with Gasteiger partial charge in [-0.05, 0) is 48.7 Å². The van der Waals surface area contributed by atoms with Gasteiger partial charge < -0.3 is 9.88 Å². The summed E-state index contributed by atoms with van der Waals surface area (Å²) in [6.07, 6.45) is 3.64. The van der Waals surface area contributed by atoms with Crippen molar-refractivity contribution >= 4 is 10.9 Å². The van der Waals surface area contributed by atoms with Crippen molar-refractivity contribution in [1.29, 1.82) is 0 Å². The summed E-state index contributed by atoms with van der Waals surface area (Å²) >= 11 is 0. The van der Waals surface area contributed by atoms with Crippen LogP contribution in [0, 0.1) is 6.92 Å². The van der Waals surface area contributed by atoms with Crippen molar-refractivity contribution in [3.05, 3.63) is 83.4 Å². The molecule has 4 nitrogen and oxygen atoms in total. The van der Waals surface area contributed by atoms with Crippen molar-refractivity contribution in [2.75, 3.05) is 13.6 Å². The first-order valence-corrected chi connectivity index (χ1v) is 9.35. The number of fused-ring (bicyclic) bond motifs is 2. The summed E-state index contributed by atoms with van der Waals surface area (Å²) in [7, 11) is 2.19. The minimum Gasteiger partial charge on any atom is -0.358 e. The highest BCUT2D eigenvalue weighted by molar-refractivity contribution is 5.80. The highest BCUT2D eigenvalue weighted by atomic mass is 15.1. The normalized spacial score (nSPS) is 17.2. The first kappa shape index (κ1) is 16.2. The van der Waals surface area contributed by atoms with Crippen molar-refractivity contribution in [2.45, 2.75) is 19.4 Å². The smallest absolute Gasteiger partial charge is 0.0888 e. The Hall–Kier alpha value is -2.98. The third-order valence-electron chi connectivity index (χ3n) is 5.43. The summed E-state index contributed by atoms with van der Waals surface area (Å²) in [5.41, 5.74) is 8.28. The molecule has 0 bridgehead atoms. The van der Waals surface area contributed by atoms with Gasteiger partial charge in [-0.25, -0.2) is 4.98 Å². The number of H-pyrrole nitrogens is 1. The number of aromatic amines is 1. The van der Waals surface area contributed by atoms with E-state index in [2.05, 4.69) is 75.4 Å². The summed E-state index contributed by atoms with van der Waals surface area (Å²) in [5, 5.41) is 1.27. The standard InChI is InChI=1S/C23H22N4/c1-15-11-24-12-23(25-15)17-7-8-19-18(9-17)13-27(2)14-20(19)22-10-16-5-3-4-6-21(16)26-22/h3-12,20,26H,13-14H2,1-2H3. The van der Waals surface area contributed by atoms with Crippen molar-refractivity contribution in [1.82, 2.24) is 19.9 Å². The lowest BCUT2D eigenvalue weighted by Crippen LogP contribution is -2.31. The van der Waals surface area contributed by atoms with Crippen LogP contribution in [0.1, 0.15) is 28.4 Å². The van der Waals surface area contributed by atoms with Crippen molar-refractivity contribution < 1.29 is 0 Å². The molecule has 1 unspecified atom stereocenters. The van der Waals surface area contributed by atoms with Crippen LogP contribution in [0.25, 0.3) is 22.2 Å². The second-order valence-electron chi connectivity index (χ2n) is 7.52. The van der Waals surface area contributed by atoms with Crippen LogP contribution in [0.2, 0.25) is 0 Å². The molecular weight excluding hydrogens is 332 g/mol. The number of nitrogens with zero attached hydrogens (tertiary/aromatic N) is 3. The van der Waals surface area contributed by atoms with Crippen LogP contribution in [0.3, 0.4) is 0 Å². The molecule has 1 aliphatic heterocycles. The van der Waals surface area contributed by atoms with Crippen LogP contribution in [0.15, 0.2) is 60.9 Å². The Morgan fingerprint density at radius 1 is 1.07 bits per heavy atom. The van der Waals surface area contributed by atoms with Gasteiger partial charge in [-0.1, -0.05) is 30.3 Å². The number of likely N-dealkylation sites (N-methyl/N-ethyl adjacent to an activating group) is 1. The molecular formula is C23H22N4. The van der Waals surface area contributed by atoms with Gasteiger partial charge in [-0.2, -0.15) is 0 Å². The Morgan fingerprint density at radius 2 is 1.96 bits per heavy atom. The lowest BCUT2D eigenvalue weighted by atomic mass is 9.86. The van der Waals surface area contributed by atoms with Crippen LogP contribution in [-0.2, 0) is 6.54 Å². The van der Waals surface area contributed by atoms with Crippen molar-refractivity contribution in [3.63, 3.8) is 0 Å². The molecule has 134 valence electrons. The number of hydrogen-bond donors (Lipinski definition) is 1. The number of para-hydroxylation sites is 1. The van der Waals surface area contributed by atoms with E-state index in [-0.39, 0.29) is 0 Å². The van der Waals surface area contributed by atoms with Crippen LogP contribution >= 0.6 is 0 Å². The van der Waals surface area contributed by atoms with E-state index in [0.29, 0.717) is 5.92 Å². The van der Waals surface area contributed by atoms with Gasteiger partial charge in [-0.15, -0.1) is 0 Å². The van der Waals surface area contributed by atoms with E-state index in [9.17, 15) is 0 Å². The average Bonchev–Trinajstić information content (AvgIpc) is 3.11. The van der Waals surface area contributed by atoms with Crippen LogP contribution in [0.5, 0.6) is 0 Å². The zero-order valence-corrected chi connectivity index (χ0v) is 15.6. The lowest BCUT2D eigenvalue weighted by molar-refractivity contribution is 0.294. The van der Waals surface area contributed by atoms with E-state index < -0.39 is 0 Å². The topological polar surface area (TPSA) is 44.8 Å². The fourth-order valence-electron chi connectivity index (χ4n) is 4.16. The molecule has 2 aromatic carbocycles. The van der Waals surface area contributed by atoms with E-state index in [1.165, 1.54) is 27.7 Å². The Bertz CT molecular complexity index is 1100. The van der Waals surface area contributed by atoms with Crippen LogP contribution in [0.4, 0.5) is 0 Å². The molecule has 0 spiro atoms. The molecule has 0 amide bonds. The molecule has 1 aliphatic rings. The Kier molecular flexibility index (Phi) is 3.80. The number of nitrogens with one attached hydrogen (secondary N) is 1. The number of aryl methyl sites for hydroxylation is 1. The number of rotatable bonds is 2. The summed E-state index contributed by atoms with van der Waals surface area (Å²) in [6, 6.07) is 17.5. The van der Waals surface area contributed by atoms with Gasteiger partial charge in [-0.3, -0.25) is 4.98 Å². The van der Waals surface area contributed by atoms with Gasteiger partial charge in [0.05, 0.1) is 17.6 Å². The lowest BCUT2D eigenvalue weighted by Gasteiger charge is -2.32. The number of benzene rings is 2. The fraction of sp³-hybridized carbons (Fsp3) is 0.217. The molecule has 0 aliphatic carbocycles. The SMILES string of the molecule is Cc1cncc(-c2ccc3c(c2)CN(C)CC3c2cc3ccccc3[nH]2)n1. The zero-order valence-electron chi connectivity index (χ0n) is 15.6. The molecule has 0 radical (unpaired) electrons. The minimum atomic E-state index is 0.351. The Balaban J connectivity index is 1.59. The van der Waals surface area contributed by atoms with Gasteiger partial charge >= 0.3 is 0 Å². The molecule has 0 saturated carbocycles. The highest BCUT2D eigenvalue weighted by Gasteiger charge is 2.26. The molecule has 0 saturated heterocycles. The summed E-state index contributed by atoms with van der Waals surface area (Å²) in [4.78, 5) is 15.0. The summed E-state index contributed by atoms with van der Waals surface area (Å²) in [5.74, 6) is 0.351. The molecule has 3 heterocycles. The van der Waals surface area contributed by atoms with E-state index in [1.54, 1.807) is 6.20 Å². The summed E-state index contributed by atoms with van der Waals surface area (Å²) in [6.45, 7) is 3.96. The second-order valence-corrected chi connectivity index (χ2v) is 7.52. The third kappa shape index (κ3) is 2.92. The largest absolute Gasteiger partial charge is 0.358 e. The molecule has 27 heavy (non-hydrogen) atoms. The zero-order chi connectivity index (χ0) is 18.4. The maximum Gasteiger partial charge on any atom is 0.0888 e. The van der Waals surface area contributed by atoms with Gasteiger partial charge in [0.1, 0.15) is 0 Å².